The number of amides is 1. The SMILES string of the molecule is COc1cc(F)ccc1Oc1cc(C(F)(F)F)ccc1C(=O)Nc1cccc(S(N)(=O)=O)c1. The maximum Gasteiger partial charge on any atom is 0.416 e. The Balaban J connectivity index is 2.02. The van der Waals surface area contributed by atoms with Crippen molar-refractivity contribution in [2.75, 3.05) is 12.4 Å². The monoisotopic (exact) mass is 484 g/mol. The molecule has 0 radical (unpaired) electrons. The molecule has 0 spiro atoms. The molecular weight excluding hydrogens is 468 g/mol. The quantitative estimate of drug-likeness (QED) is 0.500. The van der Waals surface area contributed by atoms with Gasteiger partial charge in [0.05, 0.1) is 23.1 Å². The number of hydrogen-bond acceptors (Lipinski definition) is 5. The van der Waals surface area contributed by atoms with Gasteiger partial charge in [0.1, 0.15) is 11.6 Å². The van der Waals surface area contributed by atoms with Crippen molar-refractivity contribution in [3.63, 3.8) is 0 Å². The molecule has 0 atom stereocenters. The van der Waals surface area contributed by atoms with Crippen LogP contribution >= 0.6 is 0 Å². The number of sulfonamides is 1. The number of carbonyl (C=O) groups excluding carboxylic acids is 1. The lowest BCUT2D eigenvalue weighted by Crippen LogP contribution is -2.16. The first-order valence-corrected chi connectivity index (χ1v) is 10.6. The van der Waals surface area contributed by atoms with E-state index in [1.54, 1.807) is 0 Å². The van der Waals surface area contributed by atoms with Gasteiger partial charge in [-0.25, -0.2) is 17.9 Å². The minimum atomic E-state index is -4.73. The van der Waals surface area contributed by atoms with Gasteiger partial charge in [0.2, 0.25) is 10.0 Å². The topological polar surface area (TPSA) is 108 Å². The first-order valence-electron chi connectivity index (χ1n) is 9.05. The van der Waals surface area contributed by atoms with Crippen molar-refractivity contribution < 1.29 is 40.2 Å². The molecule has 3 aromatic rings. The van der Waals surface area contributed by atoms with E-state index in [0.29, 0.717) is 12.1 Å². The van der Waals surface area contributed by atoms with Crippen molar-refractivity contribution >= 4 is 21.6 Å². The molecule has 0 bridgehead atoms. The molecule has 0 aliphatic rings. The lowest BCUT2D eigenvalue weighted by molar-refractivity contribution is -0.137. The molecular formula is C21H16F4N2O5S. The summed E-state index contributed by atoms with van der Waals surface area (Å²) in [6.45, 7) is 0. The summed E-state index contributed by atoms with van der Waals surface area (Å²) in [4.78, 5) is 12.5. The van der Waals surface area contributed by atoms with Crippen LogP contribution in [0.1, 0.15) is 15.9 Å². The lowest BCUT2D eigenvalue weighted by atomic mass is 10.1. The summed E-state index contributed by atoms with van der Waals surface area (Å²) in [5, 5.41) is 7.45. The molecule has 3 aromatic carbocycles. The third-order valence-corrected chi connectivity index (χ3v) is 5.23. The summed E-state index contributed by atoms with van der Waals surface area (Å²) in [5.74, 6) is -2.31. The Morgan fingerprint density at radius 1 is 0.970 bits per heavy atom. The highest BCUT2D eigenvalue weighted by molar-refractivity contribution is 7.89. The Labute approximate surface area is 185 Å². The van der Waals surface area contributed by atoms with Crippen LogP contribution in [0.4, 0.5) is 23.2 Å². The number of alkyl halides is 3. The fourth-order valence-corrected chi connectivity index (χ4v) is 3.32. The summed E-state index contributed by atoms with van der Waals surface area (Å²) in [6, 6.07) is 10.3. The van der Waals surface area contributed by atoms with E-state index in [-0.39, 0.29) is 27.6 Å². The fourth-order valence-electron chi connectivity index (χ4n) is 2.76. The number of ether oxygens (including phenoxy) is 2. The predicted octanol–water partition coefficient (Wildman–Crippen LogP) is 4.55. The van der Waals surface area contributed by atoms with Crippen molar-refractivity contribution in [3.05, 3.63) is 77.6 Å². The Kier molecular flexibility index (Phi) is 6.60. The second-order valence-electron chi connectivity index (χ2n) is 6.63. The maximum atomic E-state index is 13.5. The number of anilines is 1. The number of nitrogens with two attached hydrogens (primary N) is 1. The Morgan fingerprint density at radius 2 is 1.70 bits per heavy atom. The average molecular weight is 484 g/mol. The predicted molar refractivity (Wildman–Crippen MR) is 110 cm³/mol. The van der Waals surface area contributed by atoms with Gasteiger partial charge in [0.25, 0.3) is 5.91 Å². The highest BCUT2D eigenvalue weighted by atomic mass is 32.2. The van der Waals surface area contributed by atoms with E-state index in [1.165, 1.54) is 25.3 Å². The zero-order valence-corrected chi connectivity index (χ0v) is 17.6. The average Bonchev–Trinajstić information content (AvgIpc) is 2.73. The van der Waals surface area contributed by atoms with E-state index in [1.807, 2.05) is 0 Å². The number of rotatable bonds is 6. The molecule has 0 saturated heterocycles. The Bertz CT molecular complexity index is 1310. The van der Waals surface area contributed by atoms with Gasteiger partial charge >= 0.3 is 6.18 Å². The van der Waals surface area contributed by atoms with E-state index in [4.69, 9.17) is 14.6 Å². The third kappa shape index (κ3) is 5.79. The Morgan fingerprint density at radius 3 is 2.33 bits per heavy atom. The number of nitrogens with one attached hydrogen (secondary N) is 1. The zero-order chi connectivity index (χ0) is 24.4. The highest BCUT2D eigenvalue weighted by Gasteiger charge is 2.32. The molecule has 3 rings (SSSR count). The summed E-state index contributed by atoms with van der Waals surface area (Å²) < 4.78 is 86.7. The number of hydrogen-bond donors (Lipinski definition) is 2. The molecule has 1 amide bonds. The summed E-state index contributed by atoms with van der Waals surface area (Å²) in [7, 11) is -2.85. The molecule has 0 unspecified atom stereocenters. The number of carbonyl (C=O) groups is 1. The van der Waals surface area contributed by atoms with Crippen molar-refractivity contribution in [1.82, 2.24) is 0 Å². The van der Waals surface area contributed by atoms with Gasteiger partial charge in [-0.2, -0.15) is 13.2 Å². The van der Waals surface area contributed by atoms with Gasteiger partial charge in [-0.1, -0.05) is 6.07 Å². The van der Waals surface area contributed by atoms with Gasteiger partial charge in [-0.3, -0.25) is 4.79 Å². The molecule has 0 aliphatic carbocycles. The second-order valence-corrected chi connectivity index (χ2v) is 8.19. The first-order chi connectivity index (χ1) is 15.4. The van der Waals surface area contributed by atoms with Crippen LogP contribution in [0, 0.1) is 5.82 Å². The van der Waals surface area contributed by atoms with Gasteiger partial charge in [0, 0.05) is 11.8 Å². The molecule has 0 fully saturated rings. The van der Waals surface area contributed by atoms with Crippen LogP contribution in [0.5, 0.6) is 17.2 Å². The molecule has 33 heavy (non-hydrogen) atoms. The van der Waals surface area contributed by atoms with Gasteiger partial charge < -0.3 is 14.8 Å². The van der Waals surface area contributed by atoms with Crippen molar-refractivity contribution in [2.45, 2.75) is 11.1 Å². The van der Waals surface area contributed by atoms with E-state index in [9.17, 15) is 30.8 Å². The van der Waals surface area contributed by atoms with Crippen molar-refractivity contribution in [2.24, 2.45) is 5.14 Å². The van der Waals surface area contributed by atoms with Crippen molar-refractivity contribution in [3.8, 4) is 17.2 Å². The molecule has 7 nitrogen and oxygen atoms in total. The molecule has 0 aliphatic heterocycles. The van der Waals surface area contributed by atoms with E-state index >= 15 is 0 Å². The van der Waals surface area contributed by atoms with Crippen LogP contribution < -0.4 is 19.9 Å². The van der Waals surface area contributed by atoms with Crippen molar-refractivity contribution in [1.29, 1.82) is 0 Å². The summed E-state index contributed by atoms with van der Waals surface area (Å²) in [5.41, 5.74) is -1.38. The number of halogens is 4. The fraction of sp³-hybridized carbons (Fsp3) is 0.0952. The van der Waals surface area contributed by atoms with E-state index in [2.05, 4.69) is 5.32 Å². The molecule has 3 N–H and O–H groups in total. The van der Waals surface area contributed by atoms with Gasteiger partial charge in [-0.05, 0) is 48.5 Å². The maximum absolute atomic E-state index is 13.5. The van der Waals surface area contributed by atoms with Crippen LogP contribution in [0.3, 0.4) is 0 Å². The smallest absolute Gasteiger partial charge is 0.416 e. The molecule has 174 valence electrons. The van der Waals surface area contributed by atoms with Crippen LogP contribution in [-0.2, 0) is 16.2 Å². The molecule has 0 saturated carbocycles. The van der Waals surface area contributed by atoms with Crippen LogP contribution in [0.25, 0.3) is 0 Å². The molecule has 12 heteroatoms. The third-order valence-electron chi connectivity index (χ3n) is 4.32. The van der Waals surface area contributed by atoms with Gasteiger partial charge in [-0.15, -0.1) is 0 Å². The largest absolute Gasteiger partial charge is 0.493 e. The Hall–Kier alpha value is -3.64. The van der Waals surface area contributed by atoms with Gasteiger partial charge in [0.15, 0.2) is 11.5 Å². The van der Waals surface area contributed by atoms with Crippen LogP contribution in [-0.4, -0.2) is 21.4 Å². The number of methoxy groups -OCH3 is 1. The first kappa shape index (κ1) is 24.0. The standard InChI is InChI=1S/C21H16F4N2O5S/c1-31-19-10-13(22)6-8-17(19)32-18-9-12(21(23,24)25)5-7-16(18)20(28)27-14-3-2-4-15(11-14)33(26,29)30/h2-11H,1H3,(H,27,28)(H2,26,29,30). The van der Waals surface area contributed by atoms with E-state index < -0.39 is 39.2 Å². The van der Waals surface area contributed by atoms with E-state index in [0.717, 1.165) is 30.3 Å². The second kappa shape index (κ2) is 9.08. The van der Waals surface area contributed by atoms with Crippen LogP contribution in [0.2, 0.25) is 0 Å². The number of primary sulfonamides is 1. The molecule has 0 heterocycles. The van der Waals surface area contributed by atoms with Crippen LogP contribution in [0.15, 0.2) is 65.6 Å². The molecule has 0 aromatic heterocycles. The number of benzene rings is 3. The summed E-state index contributed by atoms with van der Waals surface area (Å²) >= 11 is 0. The zero-order valence-electron chi connectivity index (χ0n) is 16.8. The normalized spacial score (nSPS) is 11.7. The highest BCUT2D eigenvalue weighted by Crippen LogP contribution is 2.38. The minimum absolute atomic E-state index is 0.0248. The minimum Gasteiger partial charge on any atom is -0.493 e. The summed E-state index contributed by atoms with van der Waals surface area (Å²) in [6.07, 6.45) is -4.73. The lowest BCUT2D eigenvalue weighted by Gasteiger charge is -2.16.